The molecule has 3 rings (SSSR count). The molecule has 0 fully saturated rings. The Kier molecular flexibility index (Phi) is 4.25. The van der Waals surface area contributed by atoms with Gasteiger partial charge in [-0.1, -0.05) is 25.1 Å². The molecular formula is C17H23N3O. The second kappa shape index (κ2) is 6.31. The van der Waals surface area contributed by atoms with Crippen molar-refractivity contribution in [2.24, 2.45) is 0 Å². The van der Waals surface area contributed by atoms with Gasteiger partial charge in [-0.25, -0.2) is 4.98 Å². The number of nitrogens with zero attached hydrogens (tertiary/aromatic N) is 1. The normalized spacial score (nSPS) is 19.4. The standard InChI is InChI=1S/C17H23N3O/c1-3-14(17-18-9-10-19-17)20-15-8-5-11-21-16-12(2)6-4-7-13(15)16/h4,6-7,9-10,14-15,20H,3,5,8,11H2,1-2H3,(H,18,19). The fourth-order valence-electron chi connectivity index (χ4n) is 3.04. The summed E-state index contributed by atoms with van der Waals surface area (Å²) in [5, 5.41) is 3.76. The lowest BCUT2D eigenvalue weighted by molar-refractivity contribution is 0.312. The molecule has 4 nitrogen and oxygen atoms in total. The van der Waals surface area contributed by atoms with Gasteiger partial charge in [-0.3, -0.25) is 0 Å². The second-order valence-corrected chi connectivity index (χ2v) is 5.64. The molecule has 0 saturated heterocycles. The van der Waals surface area contributed by atoms with E-state index in [0.717, 1.165) is 37.4 Å². The first-order chi connectivity index (χ1) is 10.3. The van der Waals surface area contributed by atoms with Crippen LogP contribution in [-0.4, -0.2) is 16.6 Å². The number of rotatable bonds is 4. The SMILES string of the molecule is CCC(NC1CCCOc2c(C)cccc21)c1ncc[nH]1. The molecule has 2 heterocycles. The number of aromatic amines is 1. The van der Waals surface area contributed by atoms with Crippen LogP contribution in [0.1, 0.15) is 55.2 Å². The van der Waals surface area contributed by atoms with E-state index in [1.807, 2.05) is 12.4 Å². The van der Waals surface area contributed by atoms with E-state index in [-0.39, 0.29) is 6.04 Å². The zero-order valence-corrected chi connectivity index (χ0v) is 12.7. The monoisotopic (exact) mass is 285 g/mol. The van der Waals surface area contributed by atoms with E-state index >= 15 is 0 Å². The van der Waals surface area contributed by atoms with Gasteiger partial charge in [0.2, 0.25) is 0 Å². The second-order valence-electron chi connectivity index (χ2n) is 5.64. The third kappa shape index (κ3) is 2.95. The highest BCUT2D eigenvalue weighted by Crippen LogP contribution is 2.35. The van der Waals surface area contributed by atoms with Gasteiger partial charge in [0.1, 0.15) is 11.6 Å². The van der Waals surface area contributed by atoms with Gasteiger partial charge in [-0.2, -0.15) is 0 Å². The molecule has 1 aliphatic rings. The summed E-state index contributed by atoms with van der Waals surface area (Å²) in [4.78, 5) is 7.62. The van der Waals surface area contributed by atoms with E-state index in [4.69, 9.17) is 4.74 Å². The number of hydrogen-bond donors (Lipinski definition) is 2. The Morgan fingerprint density at radius 1 is 1.48 bits per heavy atom. The van der Waals surface area contributed by atoms with Gasteiger partial charge in [0, 0.05) is 24.0 Å². The summed E-state index contributed by atoms with van der Waals surface area (Å²) in [6.07, 6.45) is 6.86. The Labute approximate surface area is 125 Å². The molecule has 0 spiro atoms. The highest BCUT2D eigenvalue weighted by molar-refractivity contribution is 5.43. The molecule has 1 aliphatic heterocycles. The first kappa shape index (κ1) is 14.1. The van der Waals surface area contributed by atoms with Crippen LogP contribution >= 0.6 is 0 Å². The molecule has 0 aliphatic carbocycles. The fraction of sp³-hybridized carbons (Fsp3) is 0.471. The Balaban J connectivity index is 1.87. The van der Waals surface area contributed by atoms with Crippen molar-refractivity contribution in [3.63, 3.8) is 0 Å². The summed E-state index contributed by atoms with van der Waals surface area (Å²) in [5.41, 5.74) is 2.49. The first-order valence-electron chi connectivity index (χ1n) is 7.77. The maximum absolute atomic E-state index is 5.95. The molecule has 2 aromatic rings. The summed E-state index contributed by atoms with van der Waals surface area (Å²) in [6.45, 7) is 5.10. The van der Waals surface area contributed by atoms with Crippen molar-refractivity contribution in [3.05, 3.63) is 47.5 Å². The van der Waals surface area contributed by atoms with Gasteiger partial charge in [0.05, 0.1) is 12.6 Å². The van der Waals surface area contributed by atoms with Gasteiger partial charge >= 0.3 is 0 Å². The Morgan fingerprint density at radius 3 is 3.14 bits per heavy atom. The number of aromatic nitrogens is 2. The summed E-state index contributed by atoms with van der Waals surface area (Å²) in [7, 11) is 0. The Bertz CT molecular complexity index is 580. The van der Waals surface area contributed by atoms with Crippen LogP contribution in [0.5, 0.6) is 5.75 Å². The maximum atomic E-state index is 5.95. The van der Waals surface area contributed by atoms with Crippen molar-refractivity contribution in [2.45, 2.75) is 45.2 Å². The minimum atomic E-state index is 0.247. The van der Waals surface area contributed by atoms with Gasteiger partial charge in [-0.15, -0.1) is 0 Å². The molecule has 2 atom stereocenters. The molecule has 112 valence electrons. The largest absolute Gasteiger partial charge is 0.493 e. The smallest absolute Gasteiger partial charge is 0.126 e. The first-order valence-corrected chi connectivity index (χ1v) is 7.77. The number of hydrogen-bond acceptors (Lipinski definition) is 3. The molecule has 0 radical (unpaired) electrons. The lowest BCUT2D eigenvalue weighted by Gasteiger charge is -2.24. The van der Waals surface area contributed by atoms with Gasteiger partial charge < -0.3 is 15.0 Å². The molecule has 1 aromatic carbocycles. The van der Waals surface area contributed by atoms with Crippen molar-refractivity contribution < 1.29 is 4.74 Å². The Morgan fingerprint density at radius 2 is 2.38 bits per heavy atom. The lowest BCUT2D eigenvalue weighted by Crippen LogP contribution is -2.27. The number of para-hydroxylation sites is 1. The van der Waals surface area contributed by atoms with Gasteiger partial charge in [0.15, 0.2) is 0 Å². The molecule has 4 heteroatoms. The van der Waals surface area contributed by atoms with E-state index in [1.165, 1.54) is 11.1 Å². The third-order valence-electron chi connectivity index (χ3n) is 4.16. The number of ether oxygens (including phenoxy) is 1. The molecule has 0 saturated carbocycles. The van der Waals surface area contributed by atoms with Crippen LogP contribution in [0.4, 0.5) is 0 Å². The maximum Gasteiger partial charge on any atom is 0.126 e. The quantitative estimate of drug-likeness (QED) is 0.901. The molecular weight excluding hydrogens is 262 g/mol. The van der Waals surface area contributed by atoms with Crippen LogP contribution in [0.25, 0.3) is 0 Å². The minimum absolute atomic E-state index is 0.247. The molecule has 2 unspecified atom stereocenters. The van der Waals surface area contributed by atoms with E-state index in [0.29, 0.717) is 6.04 Å². The number of benzene rings is 1. The van der Waals surface area contributed by atoms with Gasteiger partial charge in [-0.05, 0) is 31.7 Å². The number of fused-ring (bicyclic) bond motifs is 1. The van der Waals surface area contributed by atoms with E-state index in [9.17, 15) is 0 Å². The van der Waals surface area contributed by atoms with Crippen LogP contribution in [0.15, 0.2) is 30.6 Å². The zero-order valence-electron chi connectivity index (χ0n) is 12.7. The van der Waals surface area contributed by atoms with E-state index < -0.39 is 0 Å². The minimum Gasteiger partial charge on any atom is -0.493 e. The predicted molar refractivity (Wildman–Crippen MR) is 83.4 cm³/mol. The number of aryl methyl sites for hydroxylation is 1. The number of imidazole rings is 1. The van der Waals surface area contributed by atoms with Crippen LogP contribution < -0.4 is 10.1 Å². The van der Waals surface area contributed by atoms with Gasteiger partial charge in [0.25, 0.3) is 0 Å². The summed E-state index contributed by atoms with van der Waals surface area (Å²) in [6, 6.07) is 6.98. The summed E-state index contributed by atoms with van der Waals surface area (Å²) < 4.78 is 5.95. The Hall–Kier alpha value is -1.81. The lowest BCUT2D eigenvalue weighted by atomic mass is 9.98. The van der Waals surface area contributed by atoms with Crippen LogP contribution in [0.2, 0.25) is 0 Å². The topological polar surface area (TPSA) is 49.9 Å². The summed E-state index contributed by atoms with van der Waals surface area (Å²) >= 11 is 0. The van der Waals surface area contributed by atoms with Crippen molar-refractivity contribution in [1.82, 2.24) is 15.3 Å². The number of nitrogens with one attached hydrogen (secondary N) is 2. The van der Waals surface area contributed by atoms with Crippen molar-refractivity contribution >= 4 is 0 Å². The van der Waals surface area contributed by atoms with Crippen LogP contribution in [0.3, 0.4) is 0 Å². The van der Waals surface area contributed by atoms with E-state index in [2.05, 4.69) is 47.3 Å². The molecule has 0 bridgehead atoms. The average molecular weight is 285 g/mol. The van der Waals surface area contributed by atoms with Crippen LogP contribution in [-0.2, 0) is 0 Å². The highest BCUT2D eigenvalue weighted by atomic mass is 16.5. The predicted octanol–water partition coefficient (Wildman–Crippen LogP) is 3.67. The van der Waals surface area contributed by atoms with Crippen LogP contribution in [0, 0.1) is 6.92 Å². The molecule has 2 N–H and O–H groups in total. The molecule has 0 amide bonds. The van der Waals surface area contributed by atoms with Crippen molar-refractivity contribution in [1.29, 1.82) is 0 Å². The zero-order chi connectivity index (χ0) is 14.7. The summed E-state index contributed by atoms with van der Waals surface area (Å²) in [5.74, 6) is 2.07. The highest BCUT2D eigenvalue weighted by Gasteiger charge is 2.24. The molecule has 1 aromatic heterocycles. The molecule has 21 heavy (non-hydrogen) atoms. The van der Waals surface area contributed by atoms with Crippen molar-refractivity contribution in [2.75, 3.05) is 6.61 Å². The van der Waals surface area contributed by atoms with Crippen molar-refractivity contribution in [3.8, 4) is 5.75 Å². The number of H-pyrrole nitrogens is 1. The fourth-order valence-corrected chi connectivity index (χ4v) is 3.04. The third-order valence-corrected chi connectivity index (χ3v) is 4.16. The van der Waals surface area contributed by atoms with E-state index in [1.54, 1.807) is 0 Å². The average Bonchev–Trinajstić information content (AvgIpc) is 2.94.